The first-order valence-corrected chi connectivity index (χ1v) is 11.0. The number of nitro benzene ring substituents is 1. The largest absolute Gasteiger partial charge is 0.459 e. The van der Waals surface area contributed by atoms with Gasteiger partial charge in [-0.2, -0.15) is 0 Å². The Kier molecular flexibility index (Phi) is 5.59. The van der Waals surface area contributed by atoms with Crippen LogP contribution in [-0.4, -0.2) is 39.2 Å². The molecule has 0 amide bonds. The van der Waals surface area contributed by atoms with Crippen molar-refractivity contribution in [2.45, 2.75) is 31.0 Å². The SMILES string of the molecule is O=[N+]([O-])c1ccc(-c2ccc([C@@H]3[C@@H](c4ccccn4)NC(=S)N3C[C@@H]3CCCO3)o2)cc1. The van der Waals surface area contributed by atoms with Crippen molar-refractivity contribution in [3.8, 4) is 11.3 Å². The van der Waals surface area contributed by atoms with Gasteiger partial charge in [-0.05, 0) is 61.5 Å². The van der Waals surface area contributed by atoms with Crippen LogP contribution in [0.2, 0.25) is 0 Å². The van der Waals surface area contributed by atoms with Crippen LogP contribution in [0, 0.1) is 10.1 Å². The first-order valence-electron chi connectivity index (χ1n) is 10.5. The van der Waals surface area contributed by atoms with E-state index in [1.165, 1.54) is 12.1 Å². The van der Waals surface area contributed by atoms with Gasteiger partial charge in [-0.15, -0.1) is 0 Å². The summed E-state index contributed by atoms with van der Waals surface area (Å²) in [7, 11) is 0. The Balaban J connectivity index is 1.48. The fourth-order valence-electron chi connectivity index (χ4n) is 4.33. The third-order valence-corrected chi connectivity index (χ3v) is 6.26. The van der Waals surface area contributed by atoms with E-state index in [2.05, 4.69) is 15.2 Å². The minimum atomic E-state index is -0.414. The molecule has 0 bridgehead atoms. The maximum absolute atomic E-state index is 10.9. The van der Waals surface area contributed by atoms with E-state index in [1.54, 1.807) is 18.3 Å². The number of nitrogens with zero attached hydrogens (tertiary/aromatic N) is 3. The number of pyridine rings is 1. The summed E-state index contributed by atoms with van der Waals surface area (Å²) < 4.78 is 12.1. The number of benzene rings is 1. The van der Waals surface area contributed by atoms with Gasteiger partial charge in [0, 0.05) is 37.0 Å². The standard InChI is InChI=1S/C23H22N4O4S/c28-27(29)16-8-6-15(7-9-16)19-10-11-20(31-19)22-21(18-5-1-2-12-24-18)25-23(32)26(22)14-17-4-3-13-30-17/h1-2,5-12,17,21-22H,3-4,13-14H2,(H,25,32)/t17-,21+,22+/m0/s1. The number of ether oxygens (including phenoxy) is 1. The summed E-state index contributed by atoms with van der Waals surface area (Å²) in [4.78, 5) is 17.2. The number of thiocarbonyl (C=S) groups is 1. The fourth-order valence-corrected chi connectivity index (χ4v) is 4.65. The molecule has 4 heterocycles. The molecule has 0 unspecified atom stereocenters. The van der Waals surface area contributed by atoms with Gasteiger partial charge in [0.25, 0.3) is 5.69 Å². The minimum absolute atomic E-state index is 0.0452. The average molecular weight is 451 g/mol. The second-order valence-corrected chi connectivity index (χ2v) is 8.31. The number of furan rings is 1. The molecule has 3 aromatic rings. The van der Waals surface area contributed by atoms with Crippen molar-refractivity contribution in [2.75, 3.05) is 13.2 Å². The molecule has 0 spiro atoms. The van der Waals surface area contributed by atoms with Crippen molar-refractivity contribution in [3.63, 3.8) is 0 Å². The Labute approximate surface area is 190 Å². The van der Waals surface area contributed by atoms with Crippen LogP contribution in [0.5, 0.6) is 0 Å². The molecule has 0 radical (unpaired) electrons. The van der Waals surface area contributed by atoms with Gasteiger partial charge in [0.2, 0.25) is 0 Å². The minimum Gasteiger partial charge on any atom is -0.459 e. The average Bonchev–Trinajstić information content (AvgIpc) is 3.56. The summed E-state index contributed by atoms with van der Waals surface area (Å²) in [6, 6.07) is 15.6. The number of nitrogens with one attached hydrogen (secondary N) is 1. The molecule has 2 fully saturated rings. The summed E-state index contributed by atoms with van der Waals surface area (Å²) in [6.07, 6.45) is 3.96. The second kappa shape index (κ2) is 8.68. The quantitative estimate of drug-likeness (QED) is 0.336. The molecule has 1 N–H and O–H groups in total. The highest BCUT2D eigenvalue weighted by Gasteiger charge is 2.42. The highest BCUT2D eigenvalue weighted by Crippen LogP contribution is 2.41. The van der Waals surface area contributed by atoms with Crippen LogP contribution in [0.25, 0.3) is 11.3 Å². The van der Waals surface area contributed by atoms with Gasteiger partial charge in [-0.25, -0.2) is 0 Å². The van der Waals surface area contributed by atoms with Gasteiger partial charge >= 0.3 is 0 Å². The van der Waals surface area contributed by atoms with Crippen LogP contribution in [0.3, 0.4) is 0 Å². The lowest BCUT2D eigenvalue weighted by molar-refractivity contribution is -0.384. The van der Waals surface area contributed by atoms with Crippen LogP contribution in [0.1, 0.15) is 36.4 Å². The summed E-state index contributed by atoms with van der Waals surface area (Å²) in [5.41, 5.74) is 1.70. The highest BCUT2D eigenvalue weighted by atomic mass is 32.1. The number of nitro groups is 1. The van der Waals surface area contributed by atoms with Crippen LogP contribution in [0.15, 0.2) is 65.2 Å². The molecule has 2 aromatic heterocycles. The lowest BCUT2D eigenvalue weighted by Gasteiger charge is -2.28. The monoisotopic (exact) mass is 450 g/mol. The zero-order chi connectivity index (χ0) is 22.1. The molecule has 2 aliphatic rings. The van der Waals surface area contributed by atoms with E-state index in [1.807, 2.05) is 30.3 Å². The van der Waals surface area contributed by atoms with Crippen LogP contribution in [0.4, 0.5) is 5.69 Å². The lowest BCUT2D eigenvalue weighted by Crippen LogP contribution is -2.36. The summed E-state index contributed by atoms with van der Waals surface area (Å²) in [5, 5.41) is 15.0. The van der Waals surface area contributed by atoms with Gasteiger partial charge in [0.1, 0.15) is 17.6 Å². The third-order valence-electron chi connectivity index (χ3n) is 5.90. The van der Waals surface area contributed by atoms with Gasteiger partial charge in [0.15, 0.2) is 5.11 Å². The topological polar surface area (TPSA) is 93.7 Å². The fraction of sp³-hybridized carbons (Fsp3) is 0.304. The zero-order valence-electron chi connectivity index (χ0n) is 17.2. The van der Waals surface area contributed by atoms with E-state index in [4.69, 9.17) is 21.4 Å². The first-order chi connectivity index (χ1) is 15.6. The number of hydrogen-bond acceptors (Lipinski definition) is 6. The van der Waals surface area contributed by atoms with Crippen LogP contribution >= 0.6 is 12.2 Å². The Morgan fingerprint density at radius 1 is 1.19 bits per heavy atom. The molecule has 5 rings (SSSR count). The van der Waals surface area contributed by atoms with Crippen molar-refractivity contribution in [3.05, 3.63) is 82.4 Å². The predicted molar refractivity (Wildman–Crippen MR) is 122 cm³/mol. The molecule has 32 heavy (non-hydrogen) atoms. The lowest BCUT2D eigenvalue weighted by atomic mass is 10.0. The molecular weight excluding hydrogens is 428 g/mol. The first kappa shape index (κ1) is 20.6. The van der Waals surface area contributed by atoms with E-state index >= 15 is 0 Å². The third kappa shape index (κ3) is 3.96. The van der Waals surface area contributed by atoms with Gasteiger partial charge < -0.3 is 19.4 Å². The molecule has 0 saturated carbocycles. The maximum Gasteiger partial charge on any atom is 0.269 e. The van der Waals surface area contributed by atoms with Gasteiger partial charge in [-0.1, -0.05) is 6.07 Å². The van der Waals surface area contributed by atoms with E-state index in [0.29, 0.717) is 17.4 Å². The van der Waals surface area contributed by atoms with Crippen LogP contribution < -0.4 is 5.32 Å². The van der Waals surface area contributed by atoms with Gasteiger partial charge in [0.05, 0.1) is 22.8 Å². The van der Waals surface area contributed by atoms with Crippen molar-refractivity contribution >= 4 is 23.0 Å². The molecule has 0 aliphatic carbocycles. The van der Waals surface area contributed by atoms with E-state index in [-0.39, 0.29) is 23.9 Å². The molecule has 1 aromatic carbocycles. The molecule has 9 heteroatoms. The molecule has 3 atom stereocenters. The Morgan fingerprint density at radius 2 is 2.03 bits per heavy atom. The zero-order valence-corrected chi connectivity index (χ0v) is 18.0. The molecule has 2 aliphatic heterocycles. The van der Waals surface area contributed by atoms with Crippen molar-refractivity contribution < 1.29 is 14.1 Å². The van der Waals surface area contributed by atoms with Crippen molar-refractivity contribution in [1.82, 2.24) is 15.2 Å². The molecule has 8 nitrogen and oxygen atoms in total. The Morgan fingerprint density at radius 3 is 2.72 bits per heavy atom. The summed E-state index contributed by atoms with van der Waals surface area (Å²) in [5.74, 6) is 1.39. The van der Waals surface area contributed by atoms with E-state index in [9.17, 15) is 10.1 Å². The second-order valence-electron chi connectivity index (χ2n) is 7.92. The Hall–Kier alpha value is -3.30. The van der Waals surface area contributed by atoms with E-state index < -0.39 is 4.92 Å². The summed E-state index contributed by atoms with van der Waals surface area (Å²) in [6.45, 7) is 1.45. The molecule has 2 saturated heterocycles. The number of non-ortho nitro benzene ring substituents is 1. The number of aromatic nitrogens is 1. The number of rotatable bonds is 6. The normalized spacial score (nSPS) is 22.8. The maximum atomic E-state index is 10.9. The van der Waals surface area contributed by atoms with Crippen LogP contribution in [-0.2, 0) is 4.74 Å². The molecule has 164 valence electrons. The van der Waals surface area contributed by atoms with Gasteiger partial charge in [-0.3, -0.25) is 15.1 Å². The van der Waals surface area contributed by atoms with E-state index in [0.717, 1.165) is 36.5 Å². The smallest absolute Gasteiger partial charge is 0.269 e. The molecular formula is C23H22N4O4S. The number of hydrogen-bond donors (Lipinski definition) is 1. The van der Waals surface area contributed by atoms with Crippen molar-refractivity contribution in [1.29, 1.82) is 0 Å². The Bertz CT molecular complexity index is 1110. The highest BCUT2D eigenvalue weighted by molar-refractivity contribution is 7.80. The predicted octanol–water partition coefficient (Wildman–Crippen LogP) is 4.40. The summed E-state index contributed by atoms with van der Waals surface area (Å²) >= 11 is 5.69. The van der Waals surface area contributed by atoms with Crippen molar-refractivity contribution in [2.24, 2.45) is 0 Å².